The maximum Gasteiger partial charge on any atom is 0.358 e. The van der Waals surface area contributed by atoms with Crippen LogP contribution in [0.15, 0.2) is 29.6 Å². The van der Waals surface area contributed by atoms with Crippen LogP contribution in [0.2, 0.25) is 0 Å². The highest BCUT2D eigenvalue weighted by molar-refractivity contribution is 7.13. The molecule has 0 unspecified atom stereocenters. The van der Waals surface area contributed by atoms with Crippen LogP contribution in [0.4, 0.5) is 0 Å². The molecule has 0 spiro atoms. The highest BCUT2D eigenvalue weighted by Gasteiger charge is 2.27. The Balaban J connectivity index is 1.73. The van der Waals surface area contributed by atoms with E-state index < -0.39 is 0 Å². The van der Waals surface area contributed by atoms with Crippen molar-refractivity contribution in [3.8, 4) is 16.3 Å². The molecule has 0 amide bonds. The first kappa shape index (κ1) is 13.1. The minimum absolute atomic E-state index is 0.109. The third kappa shape index (κ3) is 2.99. The molecule has 0 radical (unpaired) electrons. The third-order valence-electron chi connectivity index (χ3n) is 2.92. The molecule has 0 atom stereocenters. The van der Waals surface area contributed by atoms with Gasteiger partial charge in [0, 0.05) is 10.9 Å². The lowest BCUT2D eigenvalue weighted by molar-refractivity contribution is 0.0466. The summed E-state index contributed by atoms with van der Waals surface area (Å²) in [6.07, 6.45) is 2.06. The largest absolute Gasteiger partial charge is 0.494 e. The fourth-order valence-electron chi connectivity index (χ4n) is 1.76. The smallest absolute Gasteiger partial charge is 0.358 e. The highest BCUT2D eigenvalue weighted by atomic mass is 32.1. The van der Waals surface area contributed by atoms with Gasteiger partial charge in [-0.1, -0.05) is 0 Å². The SMILES string of the molecule is CCOc1ccc(-c2nc(C(=O)OC3CC3)cs2)cc1. The lowest BCUT2D eigenvalue weighted by Gasteiger charge is -2.03. The average molecular weight is 289 g/mol. The summed E-state index contributed by atoms with van der Waals surface area (Å²) in [6, 6.07) is 7.70. The summed E-state index contributed by atoms with van der Waals surface area (Å²) in [5, 5.41) is 2.56. The Labute approximate surface area is 121 Å². The number of benzene rings is 1. The predicted molar refractivity (Wildman–Crippen MR) is 77.2 cm³/mol. The van der Waals surface area contributed by atoms with Crippen LogP contribution < -0.4 is 4.74 Å². The van der Waals surface area contributed by atoms with Crippen molar-refractivity contribution >= 4 is 17.3 Å². The topological polar surface area (TPSA) is 48.4 Å². The van der Waals surface area contributed by atoms with Gasteiger partial charge in [0.05, 0.1) is 6.61 Å². The molecule has 1 aromatic carbocycles. The van der Waals surface area contributed by atoms with Crippen LogP contribution >= 0.6 is 11.3 Å². The van der Waals surface area contributed by atoms with E-state index in [1.807, 2.05) is 31.2 Å². The number of aromatic nitrogens is 1. The maximum absolute atomic E-state index is 11.8. The Morgan fingerprint density at radius 3 is 2.75 bits per heavy atom. The Morgan fingerprint density at radius 2 is 2.10 bits per heavy atom. The molecule has 0 N–H and O–H groups in total. The first-order valence-corrected chi connectivity index (χ1v) is 7.54. The van der Waals surface area contributed by atoms with Crippen molar-refractivity contribution in [2.24, 2.45) is 0 Å². The number of hydrogen-bond acceptors (Lipinski definition) is 5. The number of ether oxygens (including phenoxy) is 2. The summed E-state index contributed by atoms with van der Waals surface area (Å²) in [5.41, 5.74) is 1.37. The van der Waals surface area contributed by atoms with Crippen LogP contribution in [0.3, 0.4) is 0 Å². The minimum atomic E-state index is -0.319. The molecule has 2 aromatic rings. The summed E-state index contributed by atoms with van der Waals surface area (Å²) in [7, 11) is 0. The second-order valence-corrected chi connectivity index (χ2v) is 5.46. The molecule has 1 aliphatic rings. The number of thiazole rings is 1. The van der Waals surface area contributed by atoms with E-state index in [0.717, 1.165) is 29.2 Å². The molecule has 1 heterocycles. The van der Waals surface area contributed by atoms with Crippen LogP contribution in [0.5, 0.6) is 5.75 Å². The number of hydrogen-bond donors (Lipinski definition) is 0. The Kier molecular flexibility index (Phi) is 3.69. The number of carbonyl (C=O) groups excluding carboxylic acids is 1. The number of esters is 1. The number of nitrogens with zero attached hydrogens (tertiary/aromatic N) is 1. The zero-order valence-electron chi connectivity index (χ0n) is 11.2. The highest BCUT2D eigenvalue weighted by Crippen LogP contribution is 2.28. The minimum Gasteiger partial charge on any atom is -0.494 e. The summed E-state index contributed by atoms with van der Waals surface area (Å²) in [5.74, 6) is 0.516. The van der Waals surface area contributed by atoms with E-state index in [-0.39, 0.29) is 12.1 Å². The van der Waals surface area contributed by atoms with Gasteiger partial charge in [-0.05, 0) is 44.0 Å². The van der Waals surface area contributed by atoms with E-state index in [1.54, 1.807) is 5.38 Å². The van der Waals surface area contributed by atoms with Gasteiger partial charge in [0.2, 0.25) is 0 Å². The predicted octanol–water partition coefficient (Wildman–Crippen LogP) is 3.53. The standard InChI is InChI=1S/C15H15NO3S/c1-2-18-11-5-3-10(4-6-11)14-16-13(9-20-14)15(17)19-12-7-8-12/h3-6,9,12H,2,7-8H2,1H3. The van der Waals surface area contributed by atoms with Crippen molar-refractivity contribution in [1.29, 1.82) is 0 Å². The first-order valence-electron chi connectivity index (χ1n) is 6.66. The molecule has 5 heteroatoms. The first-order chi connectivity index (χ1) is 9.76. The van der Waals surface area contributed by atoms with Gasteiger partial charge < -0.3 is 9.47 Å². The number of rotatable bonds is 5. The average Bonchev–Trinajstić information content (AvgIpc) is 3.13. The molecular weight excluding hydrogens is 274 g/mol. The molecule has 104 valence electrons. The van der Waals surface area contributed by atoms with Gasteiger partial charge in [0.25, 0.3) is 0 Å². The molecule has 0 aliphatic heterocycles. The molecule has 1 fully saturated rings. The van der Waals surface area contributed by atoms with E-state index in [0.29, 0.717) is 12.3 Å². The molecule has 3 rings (SSSR count). The molecule has 4 nitrogen and oxygen atoms in total. The van der Waals surface area contributed by atoms with Crippen molar-refractivity contribution in [2.45, 2.75) is 25.9 Å². The van der Waals surface area contributed by atoms with Crippen molar-refractivity contribution in [1.82, 2.24) is 4.98 Å². The van der Waals surface area contributed by atoms with Crippen molar-refractivity contribution in [3.05, 3.63) is 35.3 Å². The van der Waals surface area contributed by atoms with E-state index in [2.05, 4.69) is 4.98 Å². The number of carbonyl (C=O) groups is 1. The second-order valence-electron chi connectivity index (χ2n) is 4.60. The van der Waals surface area contributed by atoms with Gasteiger partial charge >= 0.3 is 5.97 Å². The van der Waals surface area contributed by atoms with Gasteiger partial charge in [0.15, 0.2) is 5.69 Å². The molecule has 1 saturated carbocycles. The molecule has 20 heavy (non-hydrogen) atoms. The Hall–Kier alpha value is -1.88. The van der Waals surface area contributed by atoms with Gasteiger partial charge in [-0.2, -0.15) is 0 Å². The van der Waals surface area contributed by atoms with E-state index in [9.17, 15) is 4.79 Å². The summed E-state index contributed by atoms with van der Waals surface area (Å²) >= 11 is 1.44. The fraction of sp³-hybridized carbons (Fsp3) is 0.333. The van der Waals surface area contributed by atoms with Gasteiger partial charge in [0.1, 0.15) is 16.9 Å². The monoisotopic (exact) mass is 289 g/mol. The zero-order chi connectivity index (χ0) is 13.9. The Bertz CT molecular complexity index is 602. The van der Waals surface area contributed by atoms with E-state index in [1.165, 1.54) is 11.3 Å². The molecule has 0 bridgehead atoms. The van der Waals surface area contributed by atoms with Crippen LogP contribution in [-0.4, -0.2) is 23.7 Å². The van der Waals surface area contributed by atoms with Crippen molar-refractivity contribution in [2.75, 3.05) is 6.61 Å². The van der Waals surface area contributed by atoms with Gasteiger partial charge in [-0.25, -0.2) is 9.78 Å². The third-order valence-corrected chi connectivity index (χ3v) is 3.82. The quantitative estimate of drug-likeness (QED) is 0.790. The molecular formula is C15H15NO3S. The normalized spacial score (nSPS) is 14.1. The summed E-state index contributed by atoms with van der Waals surface area (Å²) < 4.78 is 10.6. The van der Waals surface area contributed by atoms with Crippen LogP contribution in [0.1, 0.15) is 30.3 Å². The molecule has 0 saturated heterocycles. The second kappa shape index (κ2) is 5.63. The molecule has 1 aromatic heterocycles. The van der Waals surface area contributed by atoms with Crippen LogP contribution in [0.25, 0.3) is 10.6 Å². The summed E-state index contributed by atoms with van der Waals surface area (Å²) in [6.45, 7) is 2.60. The van der Waals surface area contributed by atoms with E-state index >= 15 is 0 Å². The summed E-state index contributed by atoms with van der Waals surface area (Å²) in [4.78, 5) is 16.1. The van der Waals surface area contributed by atoms with Gasteiger partial charge in [-0.3, -0.25) is 0 Å². The van der Waals surface area contributed by atoms with Crippen molar-refractivity contribution in [3.63, 3.8) is 0 Å². The lowest BCUT2D eigenvalue weighted by Crippen LogP contribution is -2.06. The van der Waals surface area contributed by atoms with Gasteiger partial charge in [-0.15, -0.1) is 11.3 Å². The van der Waals surface area contributed by atoms with Crippen LogP contribution in [-0.2, 0) is 4.74 Å². The Morgan fingerprint density at radius 1 is 1.35 bits per heavy atom. The maximum atomic E-state index is 11.8. The zero-order valence-corrected chi connectivity index (χ0v) is 12.0. The van der Waals surface area contributed by atoms with E-state index in [4.69, 9.17) is 9.47 Å². The van der Waals surface area contributed by atoms with Crippen LogP contribution in [0, 0.1) is 0 Å². The molecule has 1 aliphatic carbocycles. The lowest BCUT2D eigenvalue weighted by atomic mass is 10.2. The van der Waals surface area contributed by atoms with Crippen molar-refractivity contribution < 1.29 is 14.3 Å². The fourth-order valence-corrected chi connectivity index (χ4v) is 2.55.